The second-order valence-electron chi connectivity index (χ2n) is 4.61. The van der Waals surface area contributed by atoms with Crippen LogP contribution in [0, 0.1) is 5.41 Å². The number of rotatable bonds is 5. The van der Waals surface area contributed by atoms with Crippen LogP contribution in [0.3, 0.4) is 0 Å². The molecule has 3 nitrogen and oxygen atoms in total. The molecule has 0 amide bonds. The van der Waals surface area contributed by atoms with Crippen molar-refractivity contribution >= 4 is 7.85 Å². The maximum Gasteiger partial charge on any atom is 0.119 e. The average Bonchev–Trinajstić information content (AvgIpc) is 2.28. The van der Waals surface area contributed by atoms with Crippen molar-refractivity contribution in [3.8, 4) is 11.5 Å². The fourth-order valence-corrected chi connectivity index (χ4v) is 1.14. The van der Waals surface area contributed by atoms with Crippen molar-refractivity contribution in [2.75, 3.05) is 13.2 Å². The molecule has 0 heterocycles. The largest absolute Gasteiger partial charge is 0.508 e. The summed E-state index contributed by atoms with van der Waals surface area (Å²) >= 11 is 0. The van der Waals surface area contributed by atoms with Crippen LogP contribution < -0.4 is 4.74 Å². The third kappa shape index (κ3) is 3.45. The number of phenols is 1. The van der Waals surface area contributed by atoms with Crippen molar-refractivity contribution in [2.24, 2.45) is 5.41 Å². The van der Waals surface area contributed by atoms with Gasteiger partial charge in [-0.05, 0) is 23.8 Å². The van der Waals surface area contributed by atoms with Crippen LogP contribution >= 0.6 is 0 Å². The first-order valence-electron chi connectivity index (χ1n) is 5.24. The summed E-state index contributed by atoms with van der Waals surface area (Å²) in [5, 5.41) is 18.5. The molecule has 0 saturated heterocycles. The Morgan fingerprint density at radius 3 is 2.62 bits per heavy atom. The molecule has 0 saturated carbocycles. The maximum atomic E-state index is 9.43. The first kappa shape index (κ1) is 12.9. The van der Waals surface area contributed by atoms with Gasteiger partial charge in [0, 0.05) is 5.41 Å². The van der Waals surface area contributed by atoms with Crippen LogP contribution in [-0.4, -0.2) is 31.3 Å². The molecule has 0 spiro atoms. The summed E-state index contributed by atoms with van der Waals surface area (Å²) in [5.74, 6) is 0.830. The van der Waals surface area contributed by atoms with Gasteiger partial charge in [0.15, 0.2) is 0 Å². The first-order chi connectivity index (χ1) is 7.48. The molecule has 0 fully saturated rings. The van der Waals surface area contributed by atoms with Crippen LogP contribution in [-0.2, 0) is 6.32 Å². The second-order valence-corrected chi connectivity index (χ2v) is 4.61. The van der Waals surface area contributed by atoms with E-state index in [1.807, 2.05) is 13.8 Å². The van der Waals surface area contributed by atoms with E-state index in [9.17, 15) is 5.11 Å². The molecule has 1 aromatic carbocycles. The highest BCUT2D eigenvalue weighted by molar-refractivity contribution is 6.08. The van der Waals surface area contributed by atoms with Gasteiger partial charge in [0.05, 0.1) is 21.1 Å². The number of aliphatic hydroxyl groups excluding tert-OH is 1. The molecule has 86 valence electrons. The van der Waals surface area contributed by atoms with Crippen molar-refractivity contribution < 1.29 is 14.9 Å². The highest BCUT2D eigenvalue weighted by Gasteiger charge is 2.17. The van der Waals surface area contributed by atoms with Crippen LogP contribution in [0.2, 0.25) is 0 Å². The summed E-state index contributed by atoms with van der Waals surface area (Å²) in [6.07, 6.45) is 0.270. The van der Waals surface area contributed by atoms with E-state index in [0.717, 1.165) is 0 Å². The molecule has 1 aromatic rings. The summed E-state index contributed by atoms with van der Waals surface area (Å²) < 4.78 is 5.53. The van der Waals surface area contributed by atoms with Gasteiger partial charge in [-0.15, -0.1) is 0 Å². The van der Waals surface area contributed by atoms with Crippen LogP contribution in [0.1, 0.15) is 19.4 Å². The lowest BCUT2D eigenvalue weighted by molar-refractivity contribution is 0.0975. The topological polar surface area (TPSA) is 49.7 Å². The van der Waals surface area contributed by atoms with E-state index < -0.39 is 0 Å². The van der Waals surface area contributed by atoms with E-state index in [4.69, 9.17) is 17.7 Å². The minimum atomic E-state index is -0.277. The van der Waals surface area contributed by atoms with Gasteiger partial charge in [0.1, 0.15) is 11.5 Å². The number of benzene rings is 1. The Labute approximate surface area is 97.5 Å². The van der Waals surface area contributed by atoms with Gasteiger partial charge < -0.3 is 14.9 Å². The first-order valence-corrected chi connectivity index (χ1v) is 5.24. The standard InChI is InChI=1S/C12H17BO3/c1-12(2,7-14)8-16-10-3-4-11(15)9(5-10)6-13/h3-5,14-15H,6-8H2,1-2H3. The van der Waals surface area contributed by atoms with Crippen LogP contribution in [0.15, 0.2) is 18.2 Å². The molecule has 0 atom stereocenters. The Hall–Kier alpha value is -1.16. The van der Waals surface area contributed by atoms with Gasteiger partial charge in [-0.25, -0.2) is 0 Å². The second kappa shape index (κ2) is 5.26. The molecule has 0 aliphatic heterocycles. The summed E-state index contributed by atoms with van der Waals surface area (Å²) in [4.78, 5) is 0. The summed E-state index contributed by atoms with van der Waals surface area (Å²) in [7, 11) is 5.47. The van der Waals surface area contributed by atoms with Crippen LogP contribution in [0.4, 0.5) is 0 Å². The van der Waals surface area contributed by atoms with Gasteiger partial charge in [-0.2, -0.15) is 0 Å². The summed E-state index contributed by atoms with van der Waals surface area (Å²) in [5.41, 5.74) is 0.375. The van der Waals surface area contributed by atoms with Crippen molar-refractivity contribution in [3.05, 3.63) is 23.8 Å². The lowest BCUT2D eigenvalue weighted by Crippen LogP contribution is -2.25. The summed E-state index contributed by atoms with van der Waals surface area (Å²) in [6.45, 7) is 4.31. The average molecular weight is 220 g/mol. The zero-order valence-corrected chi connectivity index (χ0v) is 9.73. The molecule has 1 rings (SSSR count). The van der Waals surface area contributed by atoms with E-state index in [0.29, 0.717) is 17.9 Å². The highest BCUT2D eigenvalue weighted by atomic mass is 16.5. The van der Waals surface area contributed by atoms with E-state index in [1.54, 1.807) is 18.2 Å². The van der Waals surface area contributed by atoms with E-state index >= 15 is 0 Å². The minimum absolute atomic E-state index is 0.0643. The number of ether oxygens (including phenoxy) is 1. The molecular weight excluding hydrogens is 203 g/mol. The maximum absolute atomic E-state index is 9.43. The third-order valence-electron chi connectivity index (χ3n) is 2.33. The number of aliphatic hydroxyl groups is 1. The molecule has 0 aromatic heterocycles. The minimum Gasteiger partial charge on any atom is -0.508 e. The molecule has 2 radical (unpaired) electrons. The Balaban J connectivity index is 2.68. The molecule has 0 unspecified atom stereocenters. The lowest BCUT2D eigenvalue weighted by Gasteiger charge is -2.22. The number of hydrogen-bond acceptors (Lipinski definition) is 3. The Kier molecular flexibility index (Phi) is 4.24. The van der Waals surface area contributed by atoms with Crippen molar-refractivity contribution in [3.63, 3.8) is 0 Å². The predicted octanol–water partition coefficient (Wildman–Crippen LogP) is 1.46. The smallest absolute Gasteiger partial charge is 0.119 e. The molecule has 4 heteroatoms. The Morgan fingerprint density at radius 1 is 1.38 bits per heavy atom. The number of hydrogen-bond donors (Lipinski definition) is 2. The highest BCUT2D eigenvalue weighted by Crippen LogP contribution is 2.24. The van der Waals surface area contributed by atoms with Crippen LogP contribution in [0.5, 0.6) is 11.5 Å². The van der Waals surface area contributed by atoms with Gasteiger partial charge >= 0.3 is 0 Å². The number of aromatic hydroxyl groups is 1. The van der Waals surface area contributed by atoms with E-state index in [2.05, 4.69) is 0 Å². The quantitative estimate of drug-likeness (QED) is 0.738. The Bertz CT molecular complexity index is 350. The molecule has 0 bridgehead atoms. The zero-order chi connectivity index (χ0) is 12.2. The van der Waals surface area contributed by atoms with E-state index in [1.165, 1.54) is 0 Å². The van der Waals surface area contributed by atoms with Crippen molar-refractivity contribution in [2.45, 2.75) is 20.2 Å². The monoisotopic (exact) mass is 220 g/mol. The third-order valence-corrected chi connectivity index (χ3v) is 2.33. The SMILES string of the molecule is [B]Cc1cc(OCC(C)(C)CO)ccc1O. The fourth-order valence-electron chi connectivity index (χ4n) is 1.14. The number of phenolic OH excluding ortho intramolecular Hbond substituents is 1. The molecule has 2 N–H and O–H groups in total. The molecule has 16 heavy (non-hydrogen) atoms. The normalized spacial score (nSPS) is 11.4. The van der Waals surface area contributed by atoms with Gasteiger partial charge in [0.25, 0.3) is 0 Å². The molecule has 0 aliphatic rings. The van der Waals surface area contributed by atoms with Crippen molar-refractivity contribution in [1.82, 2.24) is 0 Å². The van der Waals surface area contributed by atoms with Gasteiger partial charge in [-0.3, -0.25) is 0 Å². The summed E-state index contributed by atoms with van der Waals surface area (Å²) in [6, 6.07) is 4.95. The lowest BCUT2D eigenvalue weighted by atomic mass is 9.95. The fraction of sp³-hybridized carbons (Fsp3) is 0.500. The van der Waals surface area contributed by atoms with Gasteiger partial charge in [0.2, 0.25) is 0 Å². The Morgan fingerprint density at radius 2 is 2.06 bits per heavy atom. The van der Waals surface area contributed by atoms with Gasteiger partial charge in [-0.1, -0.05) is 20.2 Å². The molecule has 0 aliphatic carbocycles. The predicted molar refractivity (Wildman–Crippen MR) is 63.9 cm³/mol. The zero-order valence-electron chi connectivity index (χ0n) is 9.73. The van der Waals surface area contributed by atoms with E-state index in [-0.39, 0.29) is 24.1 Å². The molecular formula is C12H17BO3. The van der Waals surface area contributed by atoms with Crippen LogP contribution in [0.25, 0.3) is 0 Å². The van der Waals surface area contributed by atoms with Crippen molar-refractivity contribution in [1.29, 1.82) is 0 Å².